The Balaban J connectivity index is 1.42. The van der Waals surface area contributed by atoms with E-state index < -0.39 is 48.4 Å². The lowest BCUT2D eigenvalue weighted by atomic mass is 9.83. The molecule has 2 aliphatic heterocycles. The van der Waals surface area contributed by atoms with Crippen LogP contribution in [-0.2, 0) is 39.8 Å². The van der Waals surface area contributed by atoms with Crippen molar-refractivity contribution in [2.24, 2.45) is 17.8 Å². The number of rotatable bonds is 19. The maximum Gasteiger partial charge on any atom is 0.349 e. The van der Waals surface area contributed by atoms with Crippen LogP contribution in [0.3, 0.4) is 0 Å². The molecule has 0 radical (unpaired) electrons. The van der Waals surface area contributed by atoms with Gasteiger partial charge in [0.15, 0.2) is 18.5 Å². The van der Waals surface area contributed by atoms with Gasteiger partial charge in [-0.1, -0.05) is 72.6 Å². The first-order valence-electron chi connectivity index (χ1n) is 21.1. The molecule has 7 atom stereocenters. The van der Waals surface area contributed by atoms with Crippen LogP contribution in [0.4, 0.5) is 0 Å². The number of esters is 4. The predicted octanol–water partition coefficient (Wildman–Crippen LogP) is 8.97. The van der Waals surface area contributed by atoms with Gasteiger partial charge in [0.2, 0.25) is 6.10 Å². The number of fused-ring (bicyclic) bond motifs is 1. The molecule has 4 rings (SSSR count). The number of nitrogens with zero attached hydrogens (tertiary/aromatic N) is 1. The van der Waals surface area contributed by atoms with Gasteiger partial charge in [0, 0.05) is 32.4 Å². The summed E-state index contributed by atoms with van der Waals surface area (Å²) in [6.07, 6.45) is 12.1. The summed E-state index contributed by atoms with van der Waals surface area (Å²) in [4.78, 5) is 49.5. The van der Waals surface area contributed by atoms with Gasteiger partial charge in [-0.15, -0.1) is 0 Å². The second-order valence-electron chi connectivity index (χ2n) is 17.4. The van der Waals surface area contributed by atoms with Crippen molar-refractivity contribution in [1.82, 2.24) is 0 Å². The van der Waals surface area contributed by atoms with Crippen molar-refractivity contribution in [3.05, 3.63) is 52.3 Å². The molecule has 11 nitrogen and oxygen atoms in total. The van der Waals surface area contributed by atoms with Crippen LogP contribution in [0.1, 0.15) is 158 Å². The van der Waals surface area contributed by atoms with Crippen LogP contribution in [0.25, 0.3) is 0 Å². The molecule has 11 heteroatoms. The SMILES string of the molecule is CC(=O)OCC1OC([n+]2cccc(C(=O)Oc3c(C)c(C)c4c(c3C)CC[C@@](C)(CCCC(C)CCCC(C)CCCC(C)C)O4)c2)C(OC(C)=O)C1OC(C)=O. The molecule has 0 N–H and O–H groups in total. The Morgan fingerprint density at radius 2 is 1.44 bits per heavy atom. The Bertz CT molecular complexity index is 1720. The van der Waals surface area contributed by atoms with Crippen molar-refractivity contribution < 1.29 is 52.2 Å². The van der Waals surface area contributed by atoms with E-state index in [0.717, 1.165) is 65.5 Å². The zero-order valence-corrected chi connectivity index (χ0v) is 36.4. The first kappa shape index (κ1) is 45.7. The molecule has 0 bridgehead atoms. The van der Waals surface area contributed by atoms with Crippen LogP contribution in [0.2, 0.25) is 0 Å². The number of hydrogen-bond donors (Lipinski definition) is 0. The Kier molecular flexibility index (Phi) is 16.5. The zero-order chi connectivity index (χ0) is 42.0. The van der Waals surface area contributed by atoms with E-state index >= 15 is 0 Å². The maximum atomic E-state index is 13.8. The van der Waals surface area contributed by atoms with E-state index in [4.69, 9.17) is 28.4 Å². The van der Waals surface area contributed by atoms with Gasteiger partial charge in [-0.25, -0.2) is 4.79 Å². The molecule has 0 aliphatic carbocycles. The third-order valence-corrected chi connectivity index (χ3v) is 11.7. The highest BCUT2D eigenvalue weighted by Gasteiger charge is 2.54. The minimum atomic E-state index is -1.09. The van der Waals surface area contributed by atoms with Crippen LogP contribution in [0.5, 0.6) is 11.5 Å². The Labute approximate surface area is 340 Å². The summed E-state index contributed by atoms with van der Waals surface area (Å²) in [5.41, 5.74) is 3.71. The van der Waals surface area contributed by atoms with E-state index in [0.29, 0.717) is 11.7 Å². The van der Waals surface area contributed by atoms with Gasteiger partial charge in [-0.05, 0) is 93.9 Å². The van der Waals surface area contributed by atoms with Gasteiger partial charge < -0.3 is 28.4 Å². The van der Waals surface area contributed by atoms with Gasteiger partial charge in [-0.3, -0.25) is 14.4 Å². The second-order valence-corrected chi connectivity index (χ2v) is 17.4. The lowest BCUT2D eigenvalue weighted by Gasteiger charge is -2.38. The van der Waals surface area contributed by atoms with Crippen LogP contribution in [0, 0.1) is 38.5 Å². The van der Waals surface area contributed by atoms with Gasteiger partial charge in [0.05, 0.1) is 0 Å². The molecule has 1 saturated heterocycles. The van der Waals surface area contributed by atoms with Crippen molar-refractivity contribution in [2.75, 3.05) is 6.61 Å². The first-order valence-corrected chi connectivity index (χ1v) is 21.1. The third kappa shape index (κ3) is 12.7. The summed E-state index contributed by atoms with van der Waals surface area (Å²) >= 11 is 0. The van der Waals surface area contributed by atoms with Crippen molar-refractivity contribution >= 4 is 23.9 Å². The lowest BCUT2D eigenvalue weighted by Crippen LogP contribution is -2.48. The highest BCUT2D eigenvalue weighted by molar-refractivity contribution is 5.91. The monoisotopic (exact) mass is 794 g/mol. The molecule has 0 spiro atoms. The quantitative estimate of drug-likeness (QED) is 0.0589. The fraction of sp³-hybridized carbons (Fsp3) is 0.674. The molecule has 6 unspecified atom stereocenters. The number of carbonyl (C=O) groups excluding carboxylic acids is 4. The molecule has 1 aromatic heterocycles. The van der Waals surface area contributed by atoms with Crippen LogP contribution >= 0.6 is 0 Å². The summed E-state index contributed by atoms with van der Waals surface area (Å²) in [6.45, 7) is 21.1. The second kappa shape index (κ2) is 20.6. The largest absolute Gasteiger partial charge is 0.487 e. The standard InChI is InChI=1S/C46H68NO10/c1-28(2)16-12-17-29(3)18-13-19-30(4)20-14-23-46(11)24-22-38-33(7)40(31(5)32(6)41(38)57-46)56-45(51)37-21-15-25-47(26-37)44-43(54-36(10)50)42(53-35(9)49)39(55-44)27-52-34(8)48/h15,21,25-26,28-30,39,42-44H,12-14,16-20,22-24,27H2,1-11H3/q+1/t29?,30?,39?,42?,43?,44?,46-/m1/s1. The highest BCUT2D eigenvalue weighted by atomic mass is 16.7. The summed E-state index contributed by atoms with van der Waals surface area (Å²) < 4.78 is 36.9. The first-order chi connectivity index (χ1) is 26.9. The lowest BCUT2D eigenvalue weighted by molar-refractivity contribution is -0.765. The fourth-order valence-electron chi connectivity index (χ4n) is 8.27. The molecule has 2 aromatic rings. The maximum absolute atomic E-state index is 13.8. The molecular weight excluding hydrogens is 727 g/mol. The number of carbonyl (C=O) groups is 4. The predicted molar refractivity (Wildman–Crippen MR) is 216 cm³/mol. The molecule has 0 amide bonds. The van der Waals surface area contributed by atoms with Crippen LogP contribution < -0.4 is 14.0 Å². The van der Waals surface area contributed by atoms with Crippen molar-refractivity contribution in [3.8, 4) is 11.5 Å². The summed E-state index contributed by atoms with van der Waals surface area (Å²) in [5.74, 6) is 1.35. The van der Waals surface area contributed by atoms with Crippen molar-refractivity contribution in [3.63, 3.8) is 0 Å². The summed E-state index contributed by atoms with van der Waals surface area (Å²) in [6, 6.07) is 3.27. The molecular formula is C46H68NO10+. The highest BCUT2D eigenvalue weighted by Crippen LogP contribution is 2.45. The van der Waals surface area contributed by atoms with E-state index in [2.05, 4.69) is 34.6 Å². The average Bonchev–Trinajstić information content (AvgIpc) is 3.46. The van der Waals surface area contributed by atoms with Gasteiger partial charge in [-0.2, -0.15) is 4.57 Å². The van der Waals surface area contributed by atoms with E-state index in [9.17, 15) is 19.2 Å². The number of aromatic nitrogens is 1. The van der Waals surface area contributed by atoms with Gasteiger partial charge >= 0.3 is 30.1 Å². The smallest absolute Gasteiger partial charge is 0.349 e. The molecule has 2 aliphatic rings. The van der Waals surface area contributed by atoms with Crippen molar-refractivity contribution in [1.29, 1.82) is 0 Å². The number of hydrogen-bond acceptors (Lipinski definition) is 10. The Morgan fingerprint density at radius 1 is 0.825 bits per heavy atom. The molecule has 3 heterocycles. The molecule has 57 heavy (non-hydrogen) atoms. The van der Waals surface area contributed by atoms with Gasteiger partial charge in [0.1, 0.15) is 35.4 Å². The Hall–Kier alpha value is -3.99. The molecule has 316 valence electrons. The van der Waals surface area contributed by atoms with E-state index in [-0.39, 0.29) is 17.8 Å². The number of pyridine rings is 1. The summed E-state index contributed by atoms with van der Waals surface area (Å²) in [7, 11) is 0. The van der Waals surface area contributed by atoms with E-state index in [1.165, 1.54) is 71.9 Å². The van der Waals surface area contributed by atoms with E-state index in [1.807, 2.05) is 20.8 Å². The number of benzene rings is 1. The Morgan fingerprint density at radius 3 is 2.05 bits per heavy atom. The molecule has 1 aromatic carbocycles. The average molecular weight is 795 g/mol. The number of ether oxygens (including phenoxy) is 6. The van der Waals surface area contributed by atoms with Crippen LogP contribution in [-0.4, -0.2) is 54.4 Å². The topological polar surface area (TPSA) is 128 Å². The zero-order valence-electron chi connectivity index (χ0n) is 36.4. The third-order valence-electron chi connectivity index (χ3n) is 11.7. The minimum Gasteiger partial charge on any atom is -0.487 e. The van der Waals surface area contributed by atoms with Crippen molar-refractivity contribution in [2.45, 2.75) is 177 Å². The van der Waals surface area contributed by atoms with E-state index in [1.54, 1.807) is 22.9 Å². The minimum absolute atomic E-state index is 0.221. The normalized spacial score (nSPS) is 22.6. The molecule has 0 saturated carbocycles. The molecule has 1 fully saturated rings. The summed E-state index contributed by atoms with van der Waals surface area (Å²) in [5, 5.41) is 0. The van der Waals surface area contributed by atoms with Crippen LogP contribution in [0.15, 0.2) is 24.5 Å². The fourth-order valence-corrected chi connectivity index (χ4v) is 8.27. The van der Waals surface area contributed by atoms with Gasteiger partial charge in [0.25, 0.3) is 0 Å².